The number of benzene rings is 1. The van der Waals surface area contributed by atoms with Gasteiger partial charge in [0.25, 0.3) is 0 Å². The first-order chi connectivity index (χ1) is 9.66. The molecule has 0 heterocycles. The zero-order valence-electron chi connectivity index (χ0n) is 11.9. The second-order valence-corrected chi connectivity index (χ2v) is 7.41. The van der Waals surface area contributed by atoms with Gasteiger partial charge in [-0.25, -0.2) is 0 Å². The second-order valence-electron chi connectivity index (χ2n) is 6.55. The van der Waals surface area contributed by atoms with E-state index >= 15 is 0 Å². The molecule has 110 valence electrons. The standard InChI is InChI=1S/C17H24BrNO/c18-16-7-3-2-6-15(16)13-10-14(11-13)19-12-17(20)8-4-1-5-9-17/h2-3,6-7,13-14,19-20H,1,4-5,8-12H2. The molecule has 3 rings (SSSR count). The van der Waals surface area contributed by atoms with Crippen LogP contribution in [-0.2, 0) is 0 Å². The molecule has 0 bridgehead atoms. The molecule has 0 unspecified atom stereocenters. The van der Waals surface area contributed by atoms with Crippen LogP contribution in [0.3, 0.4) is 0 Å². The molecule has 20 heavy (non-hydrogen) atoms. The maximum Gasteiger partial charge on any atom is 0.0771 e. The molecule has 0 spiro atoms. The van der Waals surface area contributed by atoms with Crippen LogP contribution >= 0.6 is 15.9 Å². The first-order valence-corrected chi connectivity index (χ1v) is 8.66. The van der Waals surface area contributed by atoms with Gasteiger partial charge in [0.15, 0.2) is 0 Å². The van der Waals surface area contributed by atoms with Crippen LogP contribution < -0.4 is 5.32 Å². The van der Waals surface area contributed by atoms with Crippen LogP contribution in [-0.4, -0.2) is 23.3 Å². The fraction of sp³-hybridized carbons (Fsp3) is 0.647. The van der Waals surface area contributed by atoms with E-state index in [1.54, 1.807) is 0 Å². The molecule has 2 aliphatic rings. The Balaban J connectivity index is 1.46. The van der Waals surface area contributed by atoms with Crippen molar-refractivity contribution in [2.75, 3.05) is 6.54 Å². The summed E-state index contributed by atoms with van der Waals surface area (Å²) in [4.78, 5) is 0. The van der Waals surface area contributed by atoms with Gasteiger partial charge in [0.05, 0.1) is 5.60 Å². The zero-order valence-corrected chi connectivity index (χ0v) is 13.5. The molecule has 0 saturated heterocycles. The van der Waals surface area contributed by atoms with Crippen LogP contribution in [0.5, 0.6) is 0 Å². The van der Waals surface area contributed by atoms with Gasteiger partial charge in [0.1, 0.15) is 0 Å². The fourth-order valence-electron chi connectivity index (χ4n) is 3.57. The van der Waals surface area contributed by atoms with Crippen LogP contribution in [0, 0.1) is 0 Å². The molecule has 1 aromatic carbocycles. The van der Waals surface area contributed by atoms with Gasteiger partial charge in [-0.15, -0.1) is 0 Å². The van der Waals surface area contributed by atoms with Crippen LogP contribution in [0.4, 0.5) is 0 Å². The van der Waals surface area contributed by atoms with Gasteiger partial charge in [-0.2, -0.15) is 0 Å². The summed E-state index contributed by atoms with van der Waals surface area (Å²) in [5.74, 6) is 0.670. The number of rotatable bonds is 4. The second kappa shape index (κ2) is 6.17. The van der Waals surface area contributed by atoms with E-state index in [4.69, 9.17) is 0 Å². The average molecular weight is 338 g/mol. The summed E-state index contributed by atoms with van der Waals surface area (Å²) in [5.41, 5.74) is 0.998. The Morgan fingerprint density at radius 1 is 1.15 bits per heavy atom. The smallest absolute Gasteiger partial charge is 0.0771 e. The van der Waals surface area contributed by atoms with Crippen LogP contribution in [0.15, 0.2) is 28.7 Å². The van der Waals surface area contributed by atoms with Gasteiger partial charge in [0.2, 0.25) is 0 Å². The third-order valence-electron chi connectivity index (χ3n) is 4.99. The van der Waals surface area contributed by atoms with Gasteiger partial charge < -0.3 is 10.4 Å². The van der Waals surface area contributed by atoms with Gasteiger partial charge in [-0.1, -0.05) is 53.4 Å². The summed E-state index contributed by atoms with van der Waals surface area (Å²) in [6, 6.07) is 9.12. The minimum absolute atomic E-state index is 0.434. The average Bonchev–Trinajstić information content (AvgIpc) is 2.39. The van der Waals surface area contributed by atoms with E-state index in [0.717, 1.165) is 19.4 Å². The molecule has 2 saturated carbocycles. The normalized spacial score (nSPS) is 28.9. The Morgan fingerprint density at radius 3 is 2.55 bits per heavy atom. The minimum Gasteiger partial charge on any atom is -0.389 e. The quantitative estimate of drug-likeness (QED) is 0.870. The van der Waals surface area contributed by atoms with Crippen molar-refractivity contribution in [2.45, 2.75) is 62.5 Å². The summed E-state index contributed by atoms with van der Waals surface area (Å²) >= 11 is 3.64. The third kappa shape index (κ3) is 3.26. The van der Waals surface area contributed by atoms with E-state index in [1.807, 2.05) is 0 Å². The third-order valence-corrected chi connectivity index (χ3v) is 5.71. The van der Waals surface area contributed by atoms with Crippen molar-refractivity contribution in [1.29, 1.82) is 0 Å². The predicted octanol–water partition coefficient (Wildman–Crippen LogP) is 3.98. The number of aliphatic hydroxyl groups is 1. The molecular formula is C17H24BrNO. The van der Waals surface area contributed by atoms with Crippen molar-refractivity contribution in [2.24, 2.45) is 0 Å². The molecule has 2 N–H and O–H groups in total. The lowest BCUT2D eigenvalue weighted by Crippen LogP contribution is -2.49. The monoisotopic (exact) mass is 337 g/mol. The number of hydrogen-bond acceptors (Lipinski definition) is 2. The molecule has 0 aromatic heterocycles. The van der Waals surface area contributed by atoms with Gasteiger partial charge >= 0.3 is 0 Å². The summed E-state index contributed by atoms with van der Waals surface area (Å²) < 4.78 is 1.23. The molecule has 2 nitrogen and oxygen atoms in total. The number of halogens is 1. The molecule has 0 radical (unpaired) electrons. The van der Waals surface area contributed by atoms with Crippen molar-refractivity contribution in [1.82, 2.24) is 5.32 Å². The molecule has 0 aliphatic heterocycles. The van der Waals surface area contributed by atoms with E-state index in [2.05, 4.69) is 45.5 Å². The lowest BCUT2D eigenvalue weighted by atomic mass is 9.75. The van der Waals surface area contributed by atoms with E-state index in [1.165, 1.54) is 42.1 Å². The first-order valence-electron chi connectivity index (χ1n) is 7.86. The Hall–Kier alpha value is -0.380. The molecule has 2 fully saturated rings. The predicted molar refractivity (Wildman–Crippen MR) is 85.9 cm³/mol. The van der Waals surface area contributed by atoms with Crippen LogP contribution in [0.2, 0.25) is 0 Å². The topological polar surface area (TPSA) is 32.3 Å². The lowest BCUT2D eigenvalue weighted by Gasteiger charge is -2.40. The Labute approximate surface area is 130 Å². The largest absolute Gasteiger partial charge is 0.389 e. The Bertz CT molecular complexity index is 450. The van der Waals surface area contributed by atoms with E-state index in [-0.39, 0.29) is 0 Å². The number of hydrogen-bond donors (Lipinski definition) is 2. The SMILES string of the molecule is OC1(CNC2CC(c3ccccc3Br)C2)CCCCC1. The van der Waals surface area contributed by atoms with Crippen molar-refractivity contribution >= 4 is 15.9 Å². The van der Waals surface area contributed by atoms with Gasteiger partial charge in [-0.3, -0.25) is 0 Å². The lowest BCUT2D eigenvalue weighted by molar-refractivity contribution is -0.000294. The fourth-order valence-corrected chi connectivity index (χ4v) is 4.17. The van der Waals surface area contributed by atoms with Crippen molar-refractivity contribution in [3.8, 4) is 0 Å². The van der Waals surface area contributed by atoms with E-state index in [9.17, 15) is 5.11 Å². The van der Waals surface area contributed by atoms with E-state index in [0.29, 0.717) is 12.0 Å². The van der Waals surface area contributed by atoms with Gasteiger partial charge in [-0.05, 0) is 43.2 Å². The summed E-state index contributed by atoms with van der Waals surface area (Å²) in [5, 5.41) is 14.1. The molecule has 3 heteroatoms. The van der Waals surface area contributed by atoms with Crippen LogP contribution in [0.25, 0.3) is 0 Å². The maximum atomic E-state index is 10.5. The van der Waals surface area contributed by atoms with Crippen molar-refractivity contribution in [3.63, 3.8) is 0 Å². The highest BCUT2D eigenvalue weighted by Gasteiger charge is 2.34. The highest BCUT2D eigenvalue weighted by atomic mass is 79.9. The molecule has 2 aliphatic carbocycles. The van der Waals surface area contributed by atoms with Gasteiger partial charge in [0, 0.05) is 17.1 Å². The maximum absolute atomic E-state index is 10.5. The molecule has 0 amide bonds. The van der Waals surface area contributed by atoms with E-state index < -0.39 is 5.60 Å². The van der Waals surface area contributed by atoms with Crippen molar-refractivity contribution in [3.05, 3.63) is 34.3 Å². The highest BCUT2D eigenvalue weighted by molar-refractivity contribution is 9.10. The highest BCUT2D eigenvalue weighted by Crippen LogP contribution is 2.40. The zero-order chi connectivity index (χ0) is 14.0. The summed E-state index contributed by atoms with van der Waals surface area (Å²) in [7, 11) is 0. The Morgan fingerprint density at radius 2 is 1.85 bits per heavy atom. The van der Waals surface area contributed by atoms with Crippen LogP contribution in [0.1, 0.15) is 56.4 Å². The molecule has 0 atom stereocenters. The Kier molecular flexibility index (Phi) is 4.49. The first kappa shape index (κ1) is 14.6. The summed E-state index contributed by atoms with van der Waals surface area (Å²) in [6.07, 6.45) is 7.98. The van der Waals surface area contributed by atoms with Crippen molar-refractivity contribution < 1.29 is 5.11 Å². The summed E-state index contributed by atoms with van der Waals surface area (Å²) in [6.45, 7) is 0.778. The minimum atomic E-state index is -0.434. The molecular weight excluding hydrogens is 314 g/mol. The molecule has 1 aromatic rings. The number of nitrogens with one attached hydrogen (secondary N) is 1.